The van der Waals surface area contributed by atoms with Crippen molar-refractivity contribution in [2.45, 2.75) is 31.7 Å². The fraction of sp³-hybridized carbons (Fsp3) is 0.455. The quantitative estimate of drug-likeness (QED) is 0.235. The summed E-state index contributed by atoms with van der Waals surface area (Å²) < 4.78 is 20.1. The fourth-order valence-corrected chi connectivity index (χ4v) is 8.71. The average molecular weight is 707 g/mol. The number of fused-ring (bicyclic) bond motifs is 2. The molecule has 0 unspecified atom stereocenters. The first-order valence-corrected chi connectivity index (χ1v) is 19.3. The van der Waals surface area contributed by atoms with Crippen LogP contribution < -0.4 is 25.6 Å². The van der Waals surface area contributed by atoms with Gasteiger partial charge >= 0.3 is 0 Å². The van der Waals surface area contributed by atoms with Crippen molar-refractivity contribution in [1.29, 1.82) is 0 Å². The molecule has 0 amide bonds. The first-order valence-electron chi connectivity index (χ1n) is 16.0. The molecule has 7 rings (SSSR count). The predicted octanol–water partition coefficient (Wildman–Crippen LogP) is 5.24. The molecule has 2 aromatic carbocycles. The third-order valence-corrected chi connectivity index (χ3v) is 11.7. The van der Waals surface area contributed by atoms with Crippen molar-refractivity contribution in [2.75, 3.05) is 82.3 Å². The Hall–Kier alpha value is -3.31. The molecule has 13 heteroatoms. The molecule has 4 heterocycles. The van der Waals surface area contributed by atoms with Crippen LogP contribution in [-0.2, 0) is 17.4 Å². The minimum Gasteiger partial charge on any atom is -0.494 e. The summed E-state index contributed by atoms with van der Waals surface area (Å²) in [6.07, 6.45) is 9.40. The van der Waals surface area contributed by atoms with Gasteiger partial charge in [0.2, 0.25) is 5.95 Å². The maximum atomic E-state index is 13.4. The second-order valence-electron chi connectivity index (χ2n) is 12.9. The molecule has 46 heavy (non-hydrogen) atoms. The van der Waals surface area contributed by atoms with Crippen molar-refractivity contribution in [3.8, 4) is 5.75 Å². The number of hydrogen-bond donors (Lipinski definition) is 2. The fourth-order valence-electron chi connectivity index (χ4n) is 7.03. The number of benzene rings is 2. The maximum Gasteiger partial charge on any atom is 0.229 e. The Labute approximate surface area is 278 Å². The number of methoxy groups -OCH3 is 1. The van der Waals surface area contributed by atoms with E-state index in [-0.39, 0.29) is 0 Å². The van der Waals surface area contributed by atoms with Crippen LogP contribution >= 0.6 is 23.1 Å². The number of ether oxygens (including phenoxy) is 1. The van der Waals surface area contributed by atoms with Gasteiger partial charge in [0.1, 0.15) is 24.2 Å². The number of anilines is 5. The SMILES string of the molecule is COc1cc(N2CCC(N3CCN(C)CC3)CC2)c2c(c1Nc1ncc(Br)c(Nc3ccc4nccnc4c3P(C)(C)=O)n1)CC2. The second-order valence-corrected chi connectivity index (χ2v) is 16.9. The number of aromatic nitrogens is 4. The lowest BCUT2D eigenvalue weighted by Gasteiger charge is -2.43. The van der Waals surface area contributed by atoms with E-state index in [2.05, 4.69) is 69.3 Å². The van der Waals surface area contributed by atoms with Crippen molar-refractivity contribution in [3.05, 3.63) is 52.4 Å². The van der Waals surface area contributed by atoms with Crippen molar-refractivity contribution in [1.82, 2.24) is 29.7 Å². The molecule has 3 aliphatic rings. The zero-order valence-electron chi connectivity index (χ0n) is 26.9. The number of rotatable bonds is 8. The van der Waals surface area contributed by atoms with Gasteiger partial charge in [-0.2, -0.15) is 4.98 Å². The molecule has 0 bridgehead atoms. The largest absolute Gasteiger partial charge is 0.494 e. The van der Waals surface area contributed by atoms with Gasteiger partial charge in [-0.15, -0.1) is 0 Å². The van der Waals surface area contributed by atoms with E-state index in [4.69, 9.17) is 9.72 Å². The van der Waals surface area contributed by atoms with Crippen LogP contribution in [0.2, 0.25) is 0 Å². The number of halogens is 1. The van der Waals surface area contributed by atoms with Crippen LogP contribution in [-0.4, -0.2) is 103 Å². The highest BCUT2D eigenvalue weighted by Crippen LogP contribution is 2.46. The van der Waals surface area contributed by atoms with Gasteiger partial charge in [-0.1, -0.05) is 0 Å². The third-order valence-electron chi connectivity index (χ3n) is 9.58. The summed E-state index contributed by atoms with van der Waals surface area (Å²) in [5.41, 5.74) is 6.87. The van der Waals surface area contributed by atoms with Crippen molar-refractivity contribution in [2.24, 2.45) is 0 Å². The lowest BCUT2D eigenvalue weighted by atomic mass is 9.84. The van der Waals surface area contributed by atoms with Crippen LogP contribution in [0, 0.1) is 0 Å². The van der Waals surface area contributed by atoms with Crippen LogP contribution in [0.5, 0.6) is 5.75 Å². The topological polar surface area (TPSA) is 112 Å². The minimum atomic E-state index is -2.73. The van der Waals surface area contributed by atoms with Gasteiger partial charge in [0.15, 0.2) is 0 Å². The molecule has 1 aliphatic carbocycles. The van der Waals surface area contributed by atoms with Crippen LogP contribution in [0.3, 0.4) is 0 Å². The lowest BCUT2D eigenvalue weighted by molar-refractivity contribution is 0.0982. The standard InChI is InChI=1S/C33H41BrN9O2P/c1-41-15-17-42(18-16-41)21-9-13-43(14-10-21)27-19-28(45-2)29(23-6-5-22(23)27)39-33-37-20-24(34)32(40-33)38-26-8-7-25-30(36-12-11-35-25)31(26)46(3,4)44/h7-8,11-12,19-21H,5-6,9-10,13-18H2,1-4H3,(H2,37,38,39,40). The molecule has 0 spiro atoms. The van der Waals surface area contributed by atoms with Crippen LogP contribution in [0.1, 0.15) is 24.0 Å². The van der Waals surface area contributed by atoms with Gasteiger partial charge in [0.25, 0.3) is 0 Å². The number of piperazine rings is 1. The number of nitrogens with one attached hydrogen (secondary N) is 2. The van der Waals surface area contributed by atoms with E-state index in [1.165, 1.54) is 42.7 Å². The zero-order chi connectivity index (χ0) is 32.0. The Kier molecular flexibility index (Phi) is 8.65. The normalized spacial score (nSPS) is 17.9. The number of hydrogen-bond acceptors (Lipinski definition) is 11. The Morgan fingerprint density at radius 3 is 2.39 bits per heavy atom. The van der Waals surface area contributed by atoms with Gasteiger partial charge in [0, 0.05) is 75.7 Å². The molecule has 0 atom stereocenters. The Morgan fingerprint density at radius 2 is 1.70 bits per heavy atom. The molecule has 2 aromatic heterocycles. The van der Waals surface area contributed by atoms with E-state index in [1.807, 2.05) is 12.1 Å². The van der Waals surface area contributed by atoms with Crippen molar-refractivity contribution < 1.29 is 9.30 Å². The lowest BCUT2D eigenvalue weighted by Crippen LogP contribution is -2.52. The highest BCUT2D eigenvalue weighted by molar-refractivity contribution is 9.10. The molecule has 0 saturated carbocycles. The monoisotopic (exact) mass is 705 g/mol. The minimum absolute atomic E-state index is 0.442. The van der Waals surface area contributed by atoms with Crippen molar-refractivity contribution in [3.63, 3.8) is 0 Å². The van der Waals surface area contributed by atoms with Gasteiger partial charge < -0.3 is 29.7 Å². The molecule has 2 aliphatic heterocycles. The molecule has 242 valence electrons. The molecule has 2 saturated heterocycles. The number of likely N-dealkylation sites (N-methyl/N-ethyl adjacent to an activating group) is 1. The second kappa shape index (κ2) is 12.7. The average Bonchev–Trinajstić information content (AvgIpc) is 3.03. The summed E-state index contributed by atoms with van der Waals surface area (Å²) in [4.78, 5) is 26.0. The van der Waals surface area contributed by atoms with E-state index in [0.717, 1.165) is 50.5 Å². The highest BCUT2D eigenvalue weighted by Gasteiger charge is 2.32. The Morgan fingerprint density at radius 1 is 0.957 bits per heavy atom. The molecule has 2 fully saturated rings. The van der Waals surface area contributed by atoms with Gasteiger partial charge in [-0.3, -0.25) is 14.9 Å². The number of nitrogens with zero attached hydrogens (tertiary/aromatic N) is 7. The zero-order valence-corrected chi connectivity index (χ0v) is 29.4. The molecule has 0 radical (unpaired) electrons. The van der Waals surface area contributed by atoms with E-state index in [0.29, 0.717) is 44.3 Å². The molecule has 2 N–H and O–H groups in total. The smallest absolute Gasteiger partial charge is 0.229 e. The summed E-state index contributed by atoms with van der Waals surface area (Å²) in [5.74, 6) is 1.79. The summed E-state index contributed by atoms with van der Waals surface area (Å²) in [6.45, 7) is 10.3. The van der Waals surface area contributed by atoms with Crippen LogP contribution in [0.25, 0.3) is 11.0 Å². The van der Waals surface area contributed by atoms with E-state index < -0.39 is 7.14 Å². The maximum absolute atomic E-state index is 13.4. The Bertz CT molecular complexity index is 1820. The van der Waals surface area contributed by atoms with E-state index in [9.17, 15) is 4.57 Å². The van der Waals surface area contributed by atoms with Crippen LogP contribution in [0.15, 0.2) is 41.3 Å². The van der Waals surface area contributed by atoms with Gasteiger partial charge in [0.05, 0.1) is 33.8 Å². The first-order chi connectivity index (χ1) is 22.2. The molecule has 11 nitrogen and oxygen atoms in total. The van der Waals surface area contributed by atoms with Gasteiger partial charge in [-0.05, 0) is 85.3 Å². The van der Waals surface area contributed by atoms with Crippen LogP contribution in [0.4, 0.5) is 28.8 Å². The molecular formula is C33H41BrN9O2P. The van der Waals surface area contributed by atoms with E-state index in [1.54, 1.807) is 39.0 Å². The highest BCUT2D eigenvalue weighted by atomic mass is 79.9. The van der Waals surface area contributed by atoms with Crippen molar-refractivity contribution >= 4 is 68.2 Å². The third kappa shape index (κ3) is 6.08. The Balaban J connectivity index is 1.13. The summed E-state index contributed by atoms with van der Waals surface area (Å²) in [5, 5.41) is 7.52. The van der Waals surface area contributed by atoms with Gasteiger partial charge in [-0.25, -0.2) is 4.98 Å². The van der Waals surface area contributed by atoms with E-state index >= 15 is 0 Å². The number of piperidine rings is 1. The summed E-state index contributed by atoms with van der Waals surface area (Å²) in [6, 6.07) is 6.62. The predicted molar refractivity (Wildman–Crippen MR) is 190 cm³/mol. The molecule has 4 aromatic rings. The first kappa shape index (κ1) is 31.3. The summed E-state index contributed by atoms with van der Waals surface area (Å²) >= 11 is 3.60. The summed E-state index contributed by atoms with van der Waals surface area (Å²) in [7, 11) is 1.22. The molecular weight excluding hydrogens is 665 g/mol.